The molecule has 0 fully saturated rings. The molecule has 2 spiro atoms. The van der Waals surface area contributed by atoms with Crippen molar-refractivity contribution < 1.29 is 0 Å². The average Bonchev–Trinajstić information content (AvgIpc) is 1.54. The summed E-state index contributed by atoms with van der Waals surface area (Å²) in [5, 5.41) is 4.88. The predicted octanol–water partition coefficient (Wildman–Crippen LogP) is 22.4. The zero-order valence-corrected chi connectivity index (χ0v) is 49.7. The number of imidazole rings is 1. The van der Waals surface area contributed by atoms with Gasteiger partial charge in [0.05, 0.1) is 21.9 Å². The van der Waals surface area contributed by atoms with Crippen molar-refractivity contribution in [3.63, 3.8) is 0 Å². The van der Waals surface area contributed by atoms with E-state index >= 15 is 0 Å². The van der Waals surface area contributed by atoms with Crippen LogP contribution in [0, 0.1) is 0 Å². The van der Waals surface area contributed by atoms with Gasteiger partial charge in [-0.1, -0.05) is 297 Å². The van der Waals surface area contributed by atoms with Crippen LogP contribution in [-0.4, -0.2) is 9.55 Å². The molecule has 16 aromatic rings. The van der Waals surface area contributed by atoms with Crippen molar-refractivity contribution in [2.24, 2.45) is 0 Å². The number of benzene rings is 15. The fourth-order valence-electron chi connectivity index (χ4n) is 16.6. The third-order valence-corrected chi connectivity index (χ3v) is 20.3. The Bertz CT molecular complexity index is 5530. The standard InChI is InChI=1S/C89H56N2/c1-5-23-59(24-6-1)85-72-51-47-63(64-45-49-70-69-33-15-18-36-77(69)89(82(70)55-64)80-39-21-19-37-78(80)88(79-38-20-22-40-81(79)89)75-34-16-13-31-67(75)68-32-14-17-35-76(68)88)54-74(72)86(60-25-7-2-8-26-60)71-50-46-62(53-73(71)85)57-41-43-58(44-42-57)65-48-52-84-83(56-65)90-87(61-27-9-3-10-28-61)91(84)66-29-11-4-12-30-66/h1-56H. The first-order valence-corrected chi connectivity index (χ1v) is 31.7. The van der Waals surface area contributed by atoms with Gasteiger partial charge in [0.25, 0.3) is 0 Å². The molecule has 0 unspecified atom stereocenters. The fraction of sp³-hybridized carbons (Fsp3) is 0.0225. The summed E-state index contributed by atoms with van der Waals surface area (Å²) in [6.07, 6.45) is 0. The van der Waals surface area contributed by atoms with E-state index in [0.29, 0.717) is 0 Å². The van der Waals surface area contributed by atoms with Crippen LogP contribution < -0.4 is 0 Å². The third-order valence-electron chi connectivity index (χ3n) is 20.3. The Morgan fingerprint density at radius 2 is 0.560 bits per heavy atom. The molecular formula is C89H56N2. The number of nitrogens with zero attached hydrogens (tertiary/aromatic N) is 2. The molecule has 0 amide bonds. The summed E-state index contributed by atoms with van der Waals surface area (Å²) in [6.45, 7) is 0. The molecule has 0 N–H and O–H groups in total. The average molecular weight is 1150 g/mol. The van der Waals surface area contributed by atoms with Crippen molar-refractivity contribution in [1.29, 1.82) is 0 Å². The molecule has 0 atom stereocenters. The van der Waals surface area contributed by atoms with Gasteiger partial charge in [-0.3, -0.25) is 4.57 Å². The lowest BCUT2D eigenvalue weighted by molar-refractivity contribution is 0.633. The van der Waals surface area contributed by atoms with Crippen LogP contribution in [0.1, 0.15) is 44.5 Å². The first-order chi connectivity index (χ1) is 45.1. The molecule has 0 saturated heterocycles. The fourth-order valence-corrected chi connectivity index (χ4v) is 16.6. The maximum absolute atomic E-state index is 5.28. The number of aromatic nitrogens is 2. The zero-order valence-electron chi connectivity index (χ0n) is 49.7. The highest BCUT2D eigenvalue weighted by Gasteiger charge is 2.59. The second-order valence-corrected chi connectivity index (χ2v) is 24.7. The molecule has 0 bridgehead atoms. The van der Waals surface area contributed by atoms with E-state index in [-0.39, 0.29) is 0 Å². The Labute approximate surface area is 529 Å². The summed E-state index contributed by atoms with van der Waals surface area (Å²) in [6, 6.07) is 127. The number of hydrogen-bond donors (Lipinski definition) is 0. The Morgan fingerprint density at radius 3 is 1.04 bits per heavy atom. The minimum atomic E-state index is -0.595. The highest BCUT2D eigenvalue weighted by atomic mass is 15.1. The van der Waals surface area contributed by atoms with Crippen molar-refractivity contribution in [3.05, 3.63) is 384 Å². The number of para-hydroxylation sites is 1. The smallest absolute Gasteiger partial charge is 0.145 e. The van der Waals surface area contributed by atoms with E-state index in [0.717, 1.165) is 44.8 Å². The van der Waals surface area contributed by atoms with Gasteiger partial charge >= 0.3 is 0 Å². The third kappa shape index (κ3) is 7.33. The molecule has 2 nitrogen and oxygen atoms in total. The van der Waals surface area contributed by atoms with Gasteiger partial charge in [-0.15, -0.1) is 0 Å². The normalized spacial score (nSPS) is 13.5. The van der Waals surface area contributed by atoms with Gasteiger partial charge < -0.3 is 0 Å². The van der Waals surface area contributed by atoms with Crippen LogP contribution in [0.2, 0.25) is 0 Å². The summed E-state index contributed by atoms with van der Waals surface area (Å²) in [7, 11) is 0. The van der Waals surface area contributed by atoms with Crippen molar-refractivity contribution in [3.8, 4) is 95.0 Å². The summed E-state index contributed by atoms with van der Waals surface area (Å²) in [5.74, 6) is 0.928. The Kier molecular flexibility index (Phi) is 11.2. The predicted molar refractivity (Wildman–Crippen MR) is 377 cm³/mol. The lowest BCUT2D eigenvalue weighted by Gasteiger charge is -2.48. The summed E-state index contributed by atoms with van der Waals surface area (Å²) < 4.78 is 2.27. The topological polar surface area (TPSA) is 17.8 Å². The van der Waals surface area contributed by atoms with E-state index in [4.69, 9.17) is 4.98 Å². The van der Waals surface area contributed by atoms with Crippen LogP contribution in [0.5, 0.6) is 0 Å². The summed E-state index contributed by atoms with van der Waals surface area (Å²) in [4.78, 5) is 5.28. The number of fused-ring (bicyclic) bond motifs is 19. The second-order valence-electron chi connectivity index (χ2n) is 24.7. The molecule has 3 aliphatic rings. The van der Waals surface area contributed by atoms with Crippen LogP contribution in [0.25, 0.3) is 128 Å². The minimum absolute atomic E-state index is 0.502. The van der Waals surface area contributed by atoms with Crippen molar-refractivity contribution in [2.75, 3.05) is 0 Å². The molecule has 91 heavy (non-hydrogen) atoms. The van der Waals surface area contributed by atoms with E-state index in [1.807, 2.05) is 0 Å². The molecule has 19 rings (SSSR count). The SMILES string of the molecule is c1ccc(-c2c3ccc(-c4ccc5c(c4)C4(c6ccccc6-5)c5ccccc5C5(c6ccccc6-c6ccccc65)c5ccccc54)cc3c(-c3ccccc3)c3ccc(-c4ccc(-c5ccc6c(c5)nc(-c5ccccc5)n6-c5ccccc5)cc4)cc23)cc1. The van der Waals surface area contributed by atoms with E-state index in [1.54, 1.807) is 0 Å². The first-order valence-electron chi connectivity index (χ1n) is 31.7. The van der Waals surface area contributed by atoms with Crippen molar-refractivity contribution in [1.82, 2.24) is 9.55 Å². The maximum Gasteiger partial charge on any atom is 0.145 e. The zero-order chi connectivity index (χ0) is 59.8. The van der Waals surface area contributed by atoms with Crippen LogP contribution >= 0.6 is 0 Å². The molecule has 422 valence electrons. The van der Waals surface area contributed by atoms with Crippen molar-refractivity contribution >= 4 is 32.6 Å². The molecule has 15 aromatic carbocycles. The molecule has 0 radical (unpaired) electrons. The molecule has 1 heterocycles. The van der Waals surface area contributed by atoms with Gasteiger partial charge in [0.1, 0.15) is 5.82 Å². The highest BCUT2D eigenvalue weighted by Crippen LogP contribution is 2.67. The van der Waals surface area contributed by atoms with E-state index in [2.05, 4.69) is 344 Å². The van der Waals surface area contributed by atoms with E-state index in [1.165, 1.54) is 127 Å². The lowest BCUT2D eigenvalue weighted by Crippen LogP contribution is -2.43. The second kappa shape index (κ2) is 19.9. The van der Waals surface area contributed by atoms with E-state index in [9.17, 15) is 0 Å². The Balaban J connectivity index is 0.769. The van der Waals surface area contributed by atoms with Gasteiger partial charge in [-0.25, -0.2) is 4.98 Å². The quantitative estimate of drug-likeness (QED) is 0.145. The highest BCUT2D eigenvalue weighted by molar-refractivity contribution is 6.22. The molecule has 1 aromatic heterocycles. The lowest BCUT2D eigenvalue weighted by atomic mass is 9.52. The van der Waals surface area contributed by atoms with Gasteiger partial charge in [0, 0.05) is 11.3 Å². The minimum Gasteiger partial charge on any atom is -0.292 e. The monoisotopic (exact) mass is 1150 g/mol. The number of hydrogen-bond acceptors (Lipinski definition) is 1. The van der Waals surface area contributed by atoms with Crippen LogP contribution in [0.4, 0.5) is 0 Å². The van der Waals surface area contributed by atoms with Crippen LogP contribution in [0.3, 0.4) is 0 Å². The van der Waals surface area contributed by atoms with Gasteiger partial charge in [-0.05, 0) is 186 Å². The first kappa shape index (κ1) is 51.3. The van der Waals surface area contributed by atoms with Gasteiger partial charge in [0.2, 0.25) is 0 Å². The number of rotatable bonds is 7. The summed E-state index contributed by atoms with van der Waals surface area (Å²) in [5.41, 5.74) is 30.8. The van der Waals surface area contributed by atoms with Gasteiger partial charge in [0.15, 0.2) is 0 Å². The molecule has 2 heteroatoms. The molecular weight excluding hydrogens is 1100 g/mol. The van der Waals surface area contributed by atoms with Crippen molar-refractivity contribution in [2.45, 2.75) is 10.8 Å². The molecule has 0 saturated carbocycles. The van der Waals surface area contributed by atoms with Crippen LogP contribution in [0.15, 0.2) is 340 Å². The molecule has 3 aliphatic carbocycles. The Morgan fingerprint density at radius 1 is 0.220 bits per heavy atom. The van der Waals surface area contributed by atoms with Gasteiger partial charge in [-0.2, -0.15) is 0 Å². The maximum atomic E-state index is 5.28. The van der Waals surface area contributed by atoms with E-state index < -0.39 is 10.8 Å². The largest absolute Gasteiger partial charge is 0.292 e. The Hall–Kier alpha value is -11.7. The summed E-state index contributed by atoms with van der Waals surface area (Å²) >= 11 is 0. The van der Waals surface area contributed by atoms with Crippen LogP contribution in [-0.2, 0) is 10.8 Å². The molecule has 0 aliphatic heterocycles.